The van der Waals surface area contributed by atoms with Crippen LogP contribution in [0.25, 0.3) is 0 Å². The Hall–Kier alpha value is -0.320. The quantitative estimate of drug-likeness (QED) is 0.787. The van der Waals surface area contributed by atoms with Crippen molar-refractivity contribution in [2.24, 2.45) is 5.92 Å². The zero-order chi connectivity index (χ0) is 15.1. The number of likely N-dealkylation sites (tertiary alicyclic amines) is 1. The van der Waals surface area contributed by atoms with Gasteiger partial charge in [0.1, 0.15) is 6.10 Å². The number of amides is 1. The Morgan fingerprint density at radius 2 is 1.86 bits per heavy atom. The van der Waals surface area contributed by atoms with Crippen LogP contribution in [0.3, 0.4) is 0 Å². The number of piperidine rings is 1. The molecule has 1 amide bonds. The summed E-state index contributed by atoms with van der Waals surface area (Å²) in [5, 5.41) is 3.23. The van der Waals surface area contributed by atoms with E-state index < -0.39 is 0 Å². The lowest BCUT2D eigenvalue weighted by Crippen LogP contribution is -2.47. The molecule has 0 radical (unpaired) electrons. The molecule has 0 bridgehead atoms. The van der Waals surface area contributed by atoms with Gasteiger partial charge < -0.3 is 15.0 Å². The molecule has 1 heterocycles. The highest BCUT2D eigenvalue weighted by molar-refractivity contribution is 5.85. The minimum absolute atomic E-state index is 0. The second-order valence-electron chi connectivity index (χ2n) is 6.74. The van der Waals surface area contributed by atoms with E-state index in [4.69, 9.17) is 4.74 Å². The molecule has 4 nitrogen and oxygen atoms in total. The van der Waals surface area contributed by atoms with Crippen molar-refractivity contribution in [2.75, 3.05) is 26.7 Å². The van der Waals surface area contributed by atoms with Gasteiger partial charge in [-0.3, -0.25) is 4.79 Å². The van der Waals surface area contributed by atoms with Crippen LogP contribution in [-0.2, 0) is 9.53 Å². The van der Waals surface area contributed by atoms with Gasteiger partial charge in [0.15, 0.2) is 0 Å². The monoisotopic (exact) mass is 332 g/mol. The second-order valence-corrected chi connectivity index (χ2v) is 6.74. The van der Waals surface area contributed by atoms with Gasteiger partial charge in [-0.05, 0) is 52.1 Å². The molecular formula is C17H33ClN2O2. The Balaban J connectivity index is 0.00000242. The molecule has 2 atom stereocenters. The molecule has 2 unspecified atom stereocenters. The van der Waals surface area contributed by atoms with Crippen LogP contribution in [0.15, 0.2) is 0 Å². The summed E-state index contributed by atoms with van der Waals surface area (Å²) in [6.07, 6.45) is 9.75. The number of hydrogen-bond donors (Lipinski definition) is 1. The summed E-state index contributed by atoms with van der Waals surface area (Å²) in [4.78, 5) is 14.6. The highest BCUT2D eigenvalue weighted by Gasteiger charge is 2.28. The minimum Gasteiger partial charge on any atom is -0.365 e. The zero-order valence-electron chi connectivity index (χ0n) is 14.2. The van der Waals surface area contributed by atoms with Crippen molar-refractivity contribution in [3.63, 3.8) is 0 Å². The smallest absolute Gasteiger partial charge is 0.251 e. The van der Waals surface area contributed by atoms with Crippen molar-refractivity contribution in [2.45, 2.75) is 70.5 Å². The largest absolute Gasteiger partial charge is 0.365 e. The van der Waals surface area contributed by atoms with E-state index >= 15 is 0 Å². The van der Waals surface area contributed by atoms with E-state index in [-0.39, 0.29) is 24.4 Å². The normalized spacial score (nSPS) is 25.2. The Labute approximate surface area is 141 Å². The molecule has 1 N–H and O–H groups in total. The van der Waals surface area contributed by atoms with Gasteiger partial charge in [0.25, 0.3) is 5.91 Å². The first kappa shape index (κ1) is 19.7. The molecule has 1 saturated heterocycles. The van der Waals surface area contributed by atoms with E-state index in [1.165, 1.54) is 32.1 Å². The third kappa shape index (κ3) is 6.05. The first-order valence-electron chi connectivity index (χ1n) is 8.79. The van der Waals surface area contributed by atoms with Gasteiger partial charge in [0.05, 0.1) is 6.10 Å². The van der Waals surface area contributed by atoms with Gasteiger partial charge >= 0.3 is 0 Å². The molecule has 1 aliphatic carbocycles. The summed E-state index contributed by atoms with van der Waals surface area (Å²) in [6, 6.07) is 0. The maximum atomic E-state index is 12.6. The summed E-state index contributed by atoms with van der Waals surface area (Å²) < 4.78 is 6.07. The van der Waals surface area contributed by atoms with Gasteiger partial charge in [-0.1, -0.05) is 25.7 Å². The van der Waals surface area contributed by atoms with Crippen molar-refractivity contribution < 1.29 is 9.53 Å². The van der Waals surface area contributed by atoms with Crippen molar-refractivity contribution in [1.29, 1.82) is 0 Å². The average Bonchev–Trinajstić information content (AvgIpc) is 2.76. The van der Waals surface area contributed by atoms with Gasteiger partial charge in [-0.25, -0.2) is 0 Å². The van der Waals surface area contributed by atoms with E-state index in [2.05, 4.69) is 5.32 Å². The second kappa shape index (κ2) is 10.5. The van der Waals surface area contributed by atoms with Crippen LogP contribution >= 0.6 is 12.4 Å². The number of carbonyl (C=O) groups excluding carboxylic acids is 1. The maximum absolute atomic E-state index is 12.6. The van der Waals surface area contributed by atoms with Crippen LogP contribution in [0, 0.1) is 5.92 Å². The lowest BCUT2D eigenvalue weighted by Gasteiger charge is -2.35. The molecule has 0 spiro atoms. The molecule has 2 rings (SSSR count). The van der Waals surface area contributed by atoms with Gasteiger partial charge in [-0.15, -0.1) is 12.4 Å². The van der Waals surface area contributed by atoms with Crippen molar-refractivity contribution >= 4 is 18.3 Å². The van der Waals surface area contributed by atoms with Crippen LogP contribution in [0.2, 0.25) is 0 Å². The Kier molecular flexibility index (Phi) is 9.37. The number of nitrogens with zero attached hydrogens (tertiary/aromatic N) is 1. The molecule has 1 saturated carbocycles. The summed E-state index contributed by atoms with van der Waals surface area (Å²) >= 11 is 0. The lowest BCUT2D eigenvalue weighted by molar-refractivity contribution is -0.148. The topological polar surface area (TPSA) is 41.6 Å². The molecule has 22 heavy (non-hydrogen) atoms. The highest BCUT2D eigenvalue weighted by atomic mass is 35.5. The zero-order valence-corrected chi connectivity index (χ0v) is 15.0. The number of hydrogen-bond acceptors (Lipinski definition) is 3. The average molecular weight is 333 g/mol. The van der Waals surface area contributed by atoms with Crippen LogP contribution in [-0.4, -0.2) is 49.7 Å². The van der Waals surface area contributed by atoms with E-state index in [9.17, 15) is 4.79 Å². The fourth-order valence-corrected chi connectivity index (χ4v) is 3.70. The molecule has 2 aliphatic rings. The van der Waals surface area contributed by atoms with Crippen molar-refractivity contribution in [3.05, 3.63) is 0 Å². The summed E-state index contributed by atoms with van der Waals surface area (Å²) in [5.41, 5.74) is 0. The molecule has 1 aliphatic heterocycles. The molecule has 0 aromatic heterocycles. The summed E-state index contributed by atoms with van der Waals surface area (Å²) in [7, 11) is 1.98. The molecule has 2 fully saturated rings. The predicted octanol–water partition coefficient (Wildman–Crippen LogP) is 2.99. The first-order valence-corrected chi connectivity index (χ1v) is 8.79. The predicted molar refractivity (Wildman–Crippen MR) is 92.5 cm³/mol. The number of nitrogens with one attached hydrogen (secondary N) is 1. The van der Waals surface area contributed by atoms with E-state index in [1.807, 2.05) is 18.9 Å². The summed E-state index contributed by atoms with van der Waals surface area (Å²) in [6.45, 7) is 4.73. The van der Waals surface area contributed by atoms with Crippen LogP contribution in [0.4, 0.5) is 0 Å². The molecule has 5 heteroatoms. The van der Waals surface area contributed by atoms with Crippen molar-refractivity contribution in [1.82, 2.24) is 10.2 Å². The Bertz CT molecular complexity index is 318. The third-order valence-electron chi connectivity index (χ3n) is 4.87. The fraction of sp³-hybridized carbons (Fsp3) is 0.941. The van der Waals surface area contributed by atoms with Crippen molar-refractivity contribution in [3.8, 4) is 0 Å². The maximum Gasteiger partial charge on any atom is 0.251 e. The van der Waals surface area contributed by atoms with Crippen LogP contribution in [0.1, 0.15) is 58.3 Å². The number of halogens is 1. The number of ether oxygens (including phenoxy) is 1. The number of carbonyl (C=O) groups is 1. The first-order chi connectivity index (χ1) is 10.2. The molecular weight excluding hydrogens is 300 g/mol. The minimum atomic E-state index is -0.276. The van der Waals surface area contributed by atoms with Crippen LogP contribution in [0.5, 0.6) is 0 Å². The third-order valence-corrected chi connectivity index (χ3v) is 4.87. The van der Waals surface area contributed by atoms with E-state index in [1.54, 1.807) is 0 Å². The molecule has 0 aromatic rings. The number of rotatable bonds is 5. The van der Waals surface area contributed by atoms with E-state index in [0.29, 0.717) is 12.0 Å². The van der Waals surface area contributed by atoms with Gasteiger partial charge in [0, 0.05) is 13.1 Å². The van der Waals surface area contributed by atoms with Gasteiger partial charge in [-0.2, -0.15) is 0 Å². The standard InChI is InChI=1S/C17H32N2O2.ClH/c1-14(21-16-9-5-3-4-6-10-16)17(20)19-11-7-8-15(13-19)12-18-2;/h14-16,18H,3-13H2,1-2H3;1H. The SMILES string of the molecule is CNCC1CCCN(C(=O)C(C)OC2CCCCCC2)C1.Cl. The molecule has 130 valence electrons. The molecule has 0 aromatic carbocycles. The lowest BCUT2D eigenvalue weighted by atomic mass is 9.97. The fourth-order valence-electron chi connectivity index (χ4n) is 3.70. The van der Waals surface area contributed by atoms with Crippen LogP contribution < -0.4 is 5.32 Å². The van der Waals surface area contributed by atoms with E-state index in [0.717, 1.165) is 38.9 Å². The Morgan fingerprint density at radius 1 is 1.18 bits per heavy atom. The van der Waals surface area contributed by atoms with Gasteiger partial charge in [0.2, 0.25) is 0 Å². The Morgan fingerprint density at radius 3 is 2.50 bits per heavy atom. The summed E-state index contributed by atoms with van der Waals surface area (Å²) in [5.74, 6) is 0.790. The highest BCUT2D eigenvalue weighted by Crippen LogP contribution is 2.22.